The van der Waals surface area contributed by atoms with Crippen LogP contribution in [0.25, 0.3) is 0 Å². The first-order chi connectivity index (χ1) is 7.13. The third-order valence-electron chi connectivity index (χ3n) is 2.00. The Morgan fingerprint density at radius 2 is 2.27 bits per heavy atom. The lowest BCUT2D eigenvalue weighted by molar-refractivity contribution is 0.134. The smallest absolute Gasteiger partial charge is 0.119 e. The van der Waals surface area contributed by atoms with Crippen LogP contribution in [0.1, 0.15) is 18.1 Å². The Bertz CT molecular complexity index is 350. The van der Waals surface area contributed by atoms with Crippen LogP contribution >= 0.6 is 0 Å². The van der Waals surface area contributed by atoms with Gasteiger partial charge in [0.15, 0.2) is 0 Å². The molecule has 0 amide bonds. The van der Waals surface area contributed by atoms with Crippen molar-refractivity contribution in [3.05, 3.63) is 29.3 Å². The molecule has 82 valence electrons. The average molecular weight is 208 g/mol. The minimum absolute atomic E-state index is 0.0406. The van der Waals surface area contributed by atoms with E-state index in [1.165, 1.54) is 0 Å². The van der Waals surface area contributed by atoms with Crippen molar-refractivity contribution in [3.63, 3.8) is 0 Å². The van der Waals surface area contributed by atoms with Crippen molar-refractivity contribution >= 4 is 5.84 Å². The van der Waals surface area contributed by atoms with Crippen LogP contribution < -0.4 is 5.73 Å². The average Bonchev–Trinajstić information content (AvgIpc) is 2.18. The van der Waals surface area contributed by atoms with Crippen molar-refractivity contribution in [2.45, 2.75) is 20.0 Å². The summed E-state index contributed by atoms with van der Waals surface area (Å²) in [5, 5.41) is 16.7. The van der Waals surface area contributed by atoms with Gasteiger partial charge in [-0.15, -0.1) is 0 Å². The first kappa shape index (κ1) is 11.5. The minimum Gasteiger partial charge on any atom is -0.508 e. The fourth-order valence-electron chi connectivity index (χ4n) is 1.30. The van der Waals surface area contributed by atoms with Crippen LogP contribution in [0, 0.1) is 5.41 Å². The van der Waals surface area contributed by atoms with E-state index in [1.807, 2.05) is 13.0 Å². The van der Waals surface area contributed by atoms with Crippen molar-refractivity contribution < 1.29 is 9.84 Å². The van der Waals surface area contributed by atoms with Gasteiger partial charge in [-0.3, -0.25) is 5.41 Å². The molecule has 0 aliphatic carbocycles. The quantitative estimate of drug-likeness (QED) is 0.505. The Kier molecular flexibility index (Phi) is 4.12. The fraction of sp³-hybridized carbons (Fsp3) is 0.364. The highest BCUT2D eigenvalue weighted by Crippen LogP contribution is 2.19. The van der Waals surface area contributed by atoms with Gasteiger partial charge in [0.25, 0.3) is 0 Å². The number of nitrogens with one attached hydrogen (secondary N) is 1. The van der Waals surface area contributed by atoms with Crippen LogP contribution in [-0.2, 0) is 17.8 Å². The minimum atomic E-state index is 0.0406. The van der Waals surface area contributed by atoms with Gasteiger partial charge in [0.2, 0.25) is 0 Å². The molecule has 0 radical (unpaired) electrons. The van der Waals surface area contributed by atoms with Crippen molar-refractivity contribution in [1.29, 1.82) is 5.41 Å². The number of ether oxygens (including phenoxy) is 1. The van der Waals surface area contributed by atoms with Crippen molar-refractivity contribution in [3.8, 4) is 5.75 Å². The van der Waals surface area contributed by atoms with E-state index in [0.717, 1.165) is 5.56 Å². The van der Waals surface area contributed by atoms with E-state index in [-0.39, 0.29) is 18.0 Å². The van der Waals surface area contributed by atoms with Crippen molar-refractivity contribution in [2.24, 2.45) is 5.73 Å². The van der Waals surface area contributed by atoms with E-state index in [0.29, 0.717) is 18.8 Å². The van der Waals surface area contributed by atoms with E-state index >= 15 is 0 Å². The highest BCUT2D eigenvalue weighted by molar-refractivity contribution is 5.80. The Balaban J connectivity index is 2.80. The molecule has 0 unspecified atom stereocenters. The predicted octanol–water partition coefficient (Wildman–Crippen LogP) is 1.41. The third kappa shape index (κ3) is 3.59. The van der Waals surface area contributed by atoms with Crippen LogP contribution in [-0.4, -0.2) is 17.5 Å². The summed E-state index contributed by atoms with van der Waals surface area (Å²) in [5.41, 5.74) is 6.93. The van der Waals surface area contributed by atoms with Gasteiger partial charge in [0.1, 0.15) is 5.75 Å². The predicted molar refractivity (Wildman–Crippen MR) is 59.1 cm³/mol. The molecule has 1 aromatic rings. The standard InChI is InChI=1S/C11H16N2O2/c1-2-15-7-8-3-4-10(14)9(5-8)6-11(12)13/h3-5,14H,2,6-7H2,1H3,(H3,12,13). The maximum Gasteiger partial charge on any atom is 0.119 e. The van der Waals surface area contributed by atoms with E-state index in [2.05, 4.69) is 0 Å². The first-order valence-electron chi connectivity index (χ1n) is 4.85. The molecule has 4 nitrogen and oxygen atoms in total. The number of nitrogens with two attached hydrogens (primary N) is 1. The summed E-state index contributed by atoms with van der Waals surface area (Å²) in [7, 11) is 0. The second kappa shape index (κ2) is 5.36. The molecule has 0 atom stereocenters. The number of rotatable bonds is 5. The van der Waals surface area contributed by atoms with Gasteiger partial charge in [-0.2, -0.15) is 0 Å². The zero-order valence-corrected chi connectivity index (χ0v) is 8.79. The number of aromatic hydroxyl groups is 1. The topological polar surface area (TPSA) is 79.3 Å². The lowest BCUT2D eigenvalue weighted by Gasteiger charge is -2.07. The molecule has 0 fully saturated rings. The second-order valence-electron chi connectivity index (χ2n) is 3.30. The Morgan fingerprint density at radius 3 is 2.87 bits per heavy atom. The molecular formula is C11H16N2O2. The number of hydrogen-bond acceptors (Lipinski definition) is 3. The molecule has 15 heavy (non-hydrogen) atoms. The number of amidine groups is 1. The zero-order chi connectivity index (χ0) is 11.3. The van der Waals surface area contributed by atoms with Gasteiger partial charge in [0.05, 0.1) is 12.4 Å². The maximum atomic E-state index is 9.52. The van der Waals surface area contributed by atoms with Gasteiger partial charge in [-0.1, -0.05) is 6.07 Å². The van der Waals surface area contributed by atoms with Gasteiger partial charge in [-0.05, 0) is 24.6 Å². The molecular weight excluding hydrogens is 192 g/mol. The SMILES string of the molecule is CCOCc1ccc(O)c(CC(=N)N)c1. The molecule has 4 heteroatoms. The third-order valence-corrected chi connectivity index (χ3v) is 2.00. The van der Waals surface area contributed by atoms with E-state index in [9.17, 15) is 5.11 Å². The van der Waals surface area contributed by atoms with Crippen LogP contribution in [0.4, 0.5) is 0 Å². The molecule has 0 aromatic heterocycles. The highest BCUT2D eigenvalue weighted by Gasteiger charge is 2.04. The lowest BCUT2D eigenvalue weighted by Crippen LogP contribution is -2.13. The summed E-state index contributed by atoms with van der Waals surface area (Å²) in [6.07, 6.45) is 0.270. The van der Waals surface area contributed by atoms with Crippen LogP contribution in [0.2, 0.25) is 0 Å². The largest absolute Gasteiger partial charge is 0.508 e. The van der Waals surface area contributed by atoms with Crippen molar-refractivity contribution in [2.75, 3.05) is 6.61 Å². The number of phenolic OH excluding ortho intramolecular Hbond substituents is 1. The highest BCUT2D eigenvalue weighted by atomic mass is 16.5. The molecule has 4 N–H and O–H groups in total. The molecule has 0 saturated heterocycles. The zero-order valence-electron chi connectivity index (χ0n) is 8.79. The normalized spacial score (nSPS) is 10.2. The Hall–Kier alpha value is -1.55. The summed E-state index contributed by atoms with van der Waals surface area (Å²) < 4.78 is 5.25. The Labute approximate surface area is 89.2 Å². The molecule has 0 heterocycles. The maximum absolute atomic E-state index is 9.52. The van der Waals surface area contributed by atoms with E-state index < -0.39 is 0 Å². The summed E-state index contributed by atoms with van der Waals surface area (Å²) in [4.78, 5) is 0. The molecule has 0 spiro atoms. The molecule has 0 aliphatic heterocycles. The first-order valence-corrected chi connectivity index (χ1v) is 4.85. The van der Waals surface area contributed by atoms with E-state index in [1.54, 1.807) is 12.1 Å². The fourth-order valence-corrected chi connectivity index (χ4v) is 1.30. The van der Waals surface area contributed by atoms with Gasteiger partial charge in [0, 0.05) is 18.6 Å². The molecule has 0 aliphatic rings. The summed E-state index contributed by atoms with van der Waals surface area (Å²) in [6, 6.07) is 5.22. The van der Waals surface area contributed by atoms with Gasteiger partial charge in [-0.25, -0.2) is 0 Å². The summed E-state index contributed by atoms with van der Waals surface area (Å²) >= 11 is 0. The molecule has 0 bridgehead atoms. The summed E-state index contributed by atoms with van der Waals surface area (Å²) in [5.74, 6) is 0.212. The number of benzene rings is 1. The van der Waals surface area contributed by atoms with Crippen LogP contribution in [0.15, 0.2) is 18.2 Å². The van der Waals surface area contributed by atoms with Crippen LogP contribution in [0.5, 0.6) is 5.75 Å². The van der Waals surface area contributed by atoms with Crippen molar-refractivity contribution in [1.82, 2.24) is 0 Å². The molecule has 1 rings (SSSR count). The van der Waals surface area contributed by atoms with Gasteiger partial charge < -0.3 is 15.6 Å². The summed E-state index contributed by atoms with van der Waals surface area (Å²) in [6.45, 7) is 3.10. The molecule has 0 saturated carbocycles. The van der Waals surface area contributed by atoms with E-state index in [4.69, 9.17) is 15.9 Å². The van der Waals surface area contributed by atoms with Gasteiger partial charge >= 0.3 is 0 Å². The monoisotopic (exact) mass is 208 g/mol. The van der Waals surface area contributed by atoms with Crippen LogP contribution in [0.3, 0.4) is 0 Å². The second-order valence-corrected chi connectivity index (χ2v) is 3.30. The number of hydrogen-bond donors (Lipinski definition) is 3. The number of phenols is 1. The molecule has 1 aromatic carbocycles. The lowest BCUT2D eigenvalue weighted by atomic mass is 10.1. The Morgan fingerprint density at radius 1 is 1.53 bits per heavy atom.